The van der Waals surface area contributed by atoms with Crippen molar-refractivity contribution in [3.05, 3.63) is 23.8 Å². The van der Waals surface area contributed by atoms with Crippen LogP contribution in [0.3, 0.4) is 0 Å². The summed E-state index contributed by atoms with van der Waals surface area (Å²) >= 11 is 0. The van der Waals surface area contributed by atoms with Crippen molar-refractivity contribution in [2.24, 2.45) is 0 Å². The van der Waals surface area contributed by atoms with Crippen molar-refractivity contribution < 1.29 is 9.30 Å². The van der Waals surface area contributed by atoms with Crippen molar-refractivity contribution in [1.82, 2.24) is 5.32 Å². The Hall–Kier alpha value is -0.790. The number of benzene rings is 1. The number of ether oxygens (including phenoxy) is 1. The molecule has 2 rings (SSSR count). The highest BCUT2D eigenvalue weighted by atomic mass is 31.2. The molecule has 1 saturated heterocycles. The lowest BCUT2D eigenvalue weighted by Crippen LogP contribution is -2.32. The topological polar surface area (TPSA) is 38.3 Å². The summed E-state index contributed by atoms with van der Waals surface area (Å²) in [6.45, 7) is 8.19. The van der Waals surface area contributed by atoms with Gasteiger partial charge in [0.2, 0.25) is 0 Å². The molecule has 0 saturated carbocycles. The van der Waals surface area contributed by atoms with Gasteiger partial charge >= 0.3 is 0 Å². The lowest BCUT2D eigenvalue weighted by atomic mass is 9.86. The summed E-state index contributed by atoms with van der Waals surface area (Å²) in [5.41, 5.74) is 1.20. The summed E-state index contributed by atoms with van der Waals surface area (Å²) < 4.78 is 18.5. The van der Waals surface area contributed by atoms with Crippen LogP contribution in [0.1, 0.15) is 26.3 Å². The molecule has 0 aliphatic carbocycles. The molecule has 3 nitrogen and oxygen atoms in total. The largest absolute Gasteiger partial charge is 0.496 e. The Bertz CT molecular complexity index is 495. The fourth-order valence-corrected chi connectivity index (χ4v) is 5.04. The molecule has 0 radical (unpaired) electrons. The van der Waals surface area contributed by atoms with Gasteiger partial charge in [0.15, 0.2) is 0 Å². The minimum Gasteiger partial charge on any atom is -0.496 e. The zero-order chi connectivity index (χ0) is 14.1. The van der Waals surface area contributed by atoms with Gasteiger partial charge in [-0.25, -0.2) is 0 Å². The highest BCUT2D eigenvalue weighted by Crippen LogP contribution is 2.46. The van der Waals surface area contributed by atoms with Crippen molar-refractivity contribution in [3.63, 3.8) is 0 Å². The molecule has 1 heterocycles. The molecule has 0 atom stereocenters. The van der Waals surface area contributed by atoms with Gasteiger partial charge in [0.1, 0.15) is 12.9 Å². The van der Waals surface area contributed by atoms with Crippen LogP contribution in [-0.2, 0) is 9.98 Å². The first-order valence-corrected chi connectivity index (χ1v) is 8.92. The number of hydrogen-bond donors (Lipinski definition) is 1. The molecule has 106 valence electrons. The summed E-state index contributed by atoms with van der Waals surface area (Å²) in [6.07, 6.45) is 1.51. The zero-order valence-electron chi connectivity index (χ0n) is 12.3. The van der Waals surface area contributed by atoms with E-state index in [-0.39, 0.29) is 5.41 Å². The fraction of sp³-hybridized carbons (Fsp3) is 0.600. The monoisotopic (exact) mass is 281 g/mol. The van der Waals surface area contributed by atoms with E-state index in [4.69, 9.17) is 4.74 Å². The third kappa shape index (κ3) is 3.04. The molecular formula is C15H24NO2P. The molecule has 0 aromatic heterocycles. The number of rotatable bonds is 2. The van der Waals surface area contributed by atoms with E-state index in [2.05, 4.69) is 32.2 Å². The summed E-state index contributed by atoms with van der Waals surface area (Å²) in [7, 11) is -0.533. The molecule has 0 bridgehead atoms. The summed E-state index contributed by atoms with van der Waals surface area (Å²) in [5, 5.41) is 4.24. The maximum Gasteiger partial charge on any atom is 0.123 e. The second kappa shape index (κ2) is 5.30. The van der Waals surface area contributed by atoms with E-state index in [1.165, 1.54) is 5.56 Å². The molecule has 19 heavy (non-hydrogen) atoms. The van der Waals surface area contributed by atoms with E-state index < -0.39 is 7.14 Å². The van der Waals surface area contributed by atoms with Crippen molar-refractivity contribution in [2.45, 2.75) is 26.2 Å². The predicted molar refractivity (Wildman–Crippen MR) is 81.5 cm³/mol. The molecule has 1 aromatic rings. The highest BCUT2D eigenvalue weighted by Gasteiger charge is 2.29. The Morgan fingerprint density at radius 2 is 1.84 bits per heavy atom. The van der Waals surface area contributed by atoms with Crippen LogP contribution in [0.5, 0.6) is 5.75 Å². The molecule has 1 fully saturated rings. The van der Waals surface area contributed by atoms with Crippen molar-refractivity contribution in [2.75, 3.05) is 32.5 Å². The van der Waals surface area contributed by atoms with Crippen molar-refractivity contribution >= 4 is 12.4 Å². The predicted octanol–water partition coefficient (Wildman–Crippen LogP) is 2.58. The SMILES string of the molecule is COc1cc(P2(=O)CCNCC2)ccc1C(C)(C)C. The summed E-state index contributed by atoms with van der Waals surface area (Å²) in [5.74, 6) is 0.860. The van der Waals surface area contributed by atoms with E-state index in [1.54, 1.807) is 7.11 Å². The quantitative estimate of drug-likeness (QED) is 0.847. The minimum atomic E-state index is -2.22. The average Bonchev–Trinajstić information content (AvgIpc) is 2.38. The zero-order valence-corrected chi connectivity index (χ0v) is 13.2. The van der Waals surface area contributed by atoms with Crippen molar-refractivity contribution in [1.29, 1.82) is 0 Å². The van der Waals surface area contributed by atoms with Crippen LogP contribution >= 0.6 is 7.14 Å². The van der Waals surface area contributed by atoms with E-state index in [9.17, 15) is 4.57 Å². The minimum absolute atomic E-state index is 0.0342. The molecular weight excluding hydrogens is 257 g/mol. The standard InChI is InChI=1S/C15H24NO2P/c1-15(2,3)13-6-5-12(11-14(13)18-4)19(17)9-7-16-8-10-19/h5-6,11,16H,7-10H2,1-4H3. The van der Waals surface area contributed by atoms with Crippen LogP contribution in [0.4, 0.5) is 0 Å². The normalized spacial score (nSPS) is 19.2. The van der Waals surface area contributed by atoms with E-state index >= 15 is 0 Å². The van der Waals surface area contributed by atoms with E-state index in [1.807, 2.05) is 12.1 Å². The highest BCUT2D eigenvalue weighted by molar-refractivity contribution is 7.71. The summed E-state index contributed by atoms with van der Waals surface area (Å²) in [4.78, 5) is 0. The number of hydrogen-bond acceptors (Lipinski definition) is 3. The molecule has 1 aromatic carbocycles. The van der Waals surface area contributed by atoms with Crippen LogP contribution in [0.15, 0.2) is 18.2 Å². The maximum atomic E-state index is 13.0. The molecule has 1 aliphatic heterocycles. The molecule has 0 amide bonds. The van der Waals surface area contributed by atoms with E-state index in [0.717, 1.165) is 36.5 Å². The number of methoxy groups -OCH3 is 1. The van der Waals surface area contributed by atoms with Gasteiger partial charge in [0.05, 0.1) is 7.11 Å². The Morgan fingerprint density at radius 1 is 1.21 bits per heavy atom. The Labute approximate surface area is 116 Å². The molecule has 4 heteroatoms. The first-order valence-electron chi connectivity index (χ1n) is 6.85. The van der Waals surface area contributed by atoms with Gasteiger partial charge in [-0.3, -0.25) is 0 Å². The summed E-state index contributed by atoms with van der Waals surface area (Å²) in [6, 6.07) is 6.11. The van der Waals surface area contributed by atoms with Gasteiger partial charge in [-0.2, -0.15) is 0 Å². The molecule has 0 spiro atoms. The van der Waals surface area contributed by atoms with Crippen molar-refractivity contribution in [3.8, 4) is 5.75 Å². The molecule has 1 N–H and O–H groups in total. The second-order valence-electron chi connectivity index (χ2n) is 6.22. The lowest BCUT2D eigenvalue weighted by molar-refractivity contribution is 0.398. The van der Waals surface area contributed by atoms with Crippen LogP contribution < -0.4 is 15.4 Å². The van der Waals surface area contributed by atoms with Crippen LogP contribution in [0.2, 0.25) is 0 Å². The first kappa shape index (κ1) is 14.6. The van der Waals surface area contributed by atoms with Crippen LogP contribution in [-0.4, -0.2) is 32.5 Å². The van der Waals surface area contributed by atoms with Gasteiger partial charge in [-0.15, -0.1) is 0 Å². The van der Waals surface area contributed by atoms with Gasteiger partial charge in [-0.05, 0) is 17.0 Å². The molecule has 1 aliphatic rings. The van der Waals surface area contributed by atoms with Gasteiger partial charge < -0.3 is 14.6 Å². The number of nitrogens with one attached hydrogen (secondary N) is 1. The van der Waals surface area contributed by atoms with Crippen LogP contribution in [0.25, 0.3) is 0 Å². The van der Waals surface area contributed by atoms with Gasteiger partial charge in [0, 0.05) is 30.7 Å². The third-order valence-electron chi connectivity index (χ3n) is 3.76. The smallest absolute Gasteiger partial charge is 0.123 e. The fourth-order valence-electron chi connectivity index (χ4n) is 2.57. The average molecular weight is 281 g/mol. The van der Waals surface area contributed by atoms with Gasteiger partial charge in [0.25, 0.3) is 0 Å². The molecule has 0 unspecified atom stereocenters. The van der Waals surface area contributed by atoms with Crippen LogP contribution in [0, 0.1) is 0 Å². The van der Waals surface area contributed by atoms with E-state index in [0.29, 0.717) is 0 Å². The van der Waals surface area contributed by atoms with Gasteiger partial charge in [-0.1, -0.05) is 32.9 Å². The second-order valence-corrected chi connectivity index (χ2v) is 9.41. The lowest BCUT2D eigenvalue weighted by Gasteiger charge is -2.27. The maximum absolute atomic E-state index is 13.0. The first-order chi connectivity index (χ1) is 8.87. The Balaban J connectivity index is 2.42. The Kier molecular flexibility index (Phi) is 4.08. The Morgan fingerprint density at radius 3 is 2.37 bits per heavy atom. The third-order valence-corrected chi connectivity index (χ3v) is 6.87.